The second kappa shape index (κ2) is 12.1. The summed E-state index contributed by atoms with van der Waals surface area (Å²) in [5.41, 5.74) is -1.18. The fourth-order valence-corrected chi connectivity index (χ4v) is 5.22. The van der Waals surface area contributed by atoms with Crippen LogP contribution in [0.4, 0.5) is 21.0 Å². The second-order valence-corrected chi connectivity index (χ2v) is 11.6. The van der Waals surface area contributed by atoms with Crippen LogP contribution < -0.4 is 15.6 Å². The molecule has 0 aliphatic heterocycles. The number of phenolic OH excluding ortho intramolecular Hbond substituents is 2. The Morgan fingerprint density at radius 2 is 1.46 bits per heavy atom. The average molecular weight is 592 g/mol. The maximum atomic E-state index is 13.7. The first-order valence-electron chi connectivity index (χ1n) is 11.8. The molecule has 0 radical (unpaired) electrons. The van der Waals surface area contributed by atoms with E-state index in [4.69, 9.17) is 46.4 Å². The van der Waals surface area contributed by atoms with Crippen molar-refractivity contribution in [3.8, 4) is 11.5 Å². The lowest BCUT2D eigenvalue weighted by atomic mass is 9.89. The van der Waals surface area contributed by atoms with Gasteiger partial charge in [-0.25, -0.2) is 14.6 Å². The lowest BCUT2D eigenvalue weighted by Crippen LogP contribution is -2.62. The van der Waals surface area contributed by atoms with E-state index in [-0.39, 0.29) is 31.5 Å². The summed E-state index contributed by atoms with van der Waals surface area (Å²) in [6.45, 7) is 5.49. The third-order valence-corrected chi connectivity index (χ3v) is 7.01. The van der Waals surface area contributed by atoms with Gasteiger partial charge in [-0.15, -0.1) is 0 Å². The Morgan fingerprint density at radius 3 is 2.05 bits per heavy atom. The zero-order valence-corrected chi connectivity index (χ0v) is 23.8. The lowest BCUT2D eigenvalue weighted by molar-refractivity contribution is 0.145. The molecule has 12 heteroatoms. The van der Waals surface area contributed by atoms with Gasteiger partial charge in [0.15, 0.2) is 11.5 Å². The van der Waals surface area contributed by atoms with Crippen LogP contribution in [-0.4, -0.2) is 39.4 Å². The highest BCUT2D eigenvalue weighted by Crippen LogP contribution is 2.40. The van der Waals surface area contributed by atoms with E-state index in [1.54, 1.807) is 20.8 Å². The van der Waals surface area contributed by atoms with E-state index < -0.39 is 29.1 Å². The molecule has 0 saturated heterocycles. The van der Waals surface area contributed by atoms with Gasteiger partial charge < -0.3 is 20.8 Å². The molecule has 2 aromatic carbocycles. The number of hydrazine groups is 1. The van der Waals surface area contributed by atoms with E-state index in [1.165, 1.54) is 30.7 Å². The van der Waals surface area contributed by atoms with Gasteiger partial charge in [0.25, 0.3) is 0 Å². The summed E-state index contributed by atoms with van der Waals surface area (Å²) in [4.78, 5) is 27.4. The fraction of sp³-hybridized carbons (Fsp3) is 0.440. The first-order valence-corrected chi connectivity index (χ1v) is 13.4. The summed E-state index contributed by atoms with van der Waals surface area (Å²) >= 11 is 24.5. The molecule has 1 aliphatic rings. The number of rotatable bonds is 4. The van der Waals surface area contributed by atoms with Crippen molar-refractivity contribution in [2.24, 2.45) is 5.92 Å². The van der Waals surface area contributed by atoms with Gasteiger partial charge in [0.05, 0.1) is 21.3 Å². The van der Waals surface area contributed by atoms with Crippen molar-refractivity contribution in [1.29, 1.82) is 0 Å². The van der Waals surface area contributed by atoms with Crippen LogP contribution in [0.5, 0.6) is 11.5 Å². The number of carbonyl (C=O) groups excluding carboxylic acids is 2. The molecule has 37 heavy (non-hydrogen) atoms. The quantitative estimate of drug-likeness (QED) is 0.213. The van der Waals surface area contributed by atoms with Crippen LogP contribution in [0.3, 0.4) is 0 Å². The molecule has 4 N–H and O–H groups in total. The minimum atomic E-state index is -1.02. The predicted octanol–water partition coefficient (Wildman–Crippen LogP) is 8.06. The van der Waals surface area contributed by atoms with Gasteiger partial charge in [0.2, 0.25) is 0 Å². The summed E-state index contributed by atoms with van der Waals surface area (Å²) in [5.74, 6) is -0.525. The standard InChI is InChI=1S/C25H30Cl4N4O4/c1-25(2,3)33(24(37)31-19-11-15(26)9-17(28)21(19)34)32(20-12-16(27)10-18(29)22(20)35)23(36)30-13-14-7-5-4-6-8-14/h9-12,14,34-35H,4-8,13H2,1-3H3,(H,30,36)(H,31,37). The van der Waals surface area contributed by atoms with Crippen molar-refractivity contribution in [1.82, 2.24) is 10.3 Å². The normalized spacial score (nSPS) is 14.2. The van der Waals surface area contributed by atoms with Gasteiger partial charge in [0, 0.05) is 16.6 Å². The van der Waals surface area contributed by atoms with Crippen molar-refractivity contribution < 1.29 is 19.8 Å². The van der Waals surface area contributed by atoms with Crippen LogP contribution in [0.25, 0.3) is 0 Å². The number of carbonyl (C=O) groups is 2. The number of anilines is 2. The van der Waals surface area contributed by atoms with E-state index >= 15 is 0 Å². The van der Waals surface area contributed by atoms with E-state index in [2.05, 4.69) is 10.6 Å². The number of nitrogens with zero attached hydrogens (tertiary/aromatic N) is 2. The Kier molecular flexibility index (Phi) is 9.56. The van der Waals surface area contributed by atoms with Gasteiger partial charge in [0.1, 0.15) is 5.69 Å². The van der Waals surface area contributed by atoms with Crippen LogP contribution in [0.15, 0.2) is 24.3 Å². The second-order valence-electron chi connectivity index (χ2n) is 9.95. The molecular weight excluding hydrogens is 562 g/mol. The summed E-state index contributed by atoms with van der Waals surface area (Å²) in [7, 11) is 0. The molecular formula is C25H30Cl4N4O4. The molecule has 0 heterocycles. The van der Waals surface area contributed by atoms with Crippen LogP contribution >= 0.6 is 46.4 Å². The molecule has 4 amide bonds. The van der Waals surface area contributed by atoms with E-state index in [0.29, 0.717) is 12.5 Å². The first kappa shape index (κ1) is 29.3. The number of aromatic hydroxyl groups is 2. The van der Waals surface area contributed by atoms with Crippen molar-refractivity contribution in [3.05, 3.63) is 44.4 Å². The number of benzene rings is 2. The Hall–Kier alpha value is -2.26. The maximum absolute atomic E-state index is 13.7. The average Bonchev–Trinajstić information content (AvgIpc) is 2.81. The molecule has 1 fully saturated rings. The number of phenols is 2. The van der Waals surface area contributed by atoms with Crippen LogP contribution in [0.2, 0.25) is 20.1 Å². The predicted molar refractivity (Wildman–Crippen MR) is 149 cm³/mol. The van der Waals surface area contributed by atoms with Crippen LogP contribution in [0, 0.1) is 5.92 Å². The summed E-state index contributed by atoms with van der Waals surface area (Å²) in [5, 5.41) is 28.9. The smallest absolute Gasteiger partial charge is 0.341 e. The highest BCUT2D eigenvalue weighted by atomic mass is 35.5. The highest BCUT2D eigenvalue weighted by molar-refractivity contribution is 6.37. The third-order valence-electron chi connectivity index (χ3n) is 5.99. The Bertz CT molecular complexity index is 1170. The Balaban J connectivity index is 2.05. The fourth-order valence-electron chi connectivity index (χ4n) is 4.24. The van der Waals surface area contributed by atoms with Crippen molar-refractivity contribution in [2.75, 3.05) is 16.9 Å². The minimum absolute atomic E-state index is 0.0623. The van der Waals surface area contributed by atoms with Gasteiger partial charge in [-0.05, 0) is 63.8 Å². The van der Waals surface area contributed by atoms with Crippen molar-refractivity contribution >= 4 is 69.8 Å². The topological polar surface area (TPSA) is 105 Å². The van der Waals surface area contributed by atoms with E-state index in [1.807, 2.05) is 0 Å². The number of hydrogen-bond acceptors (Lipinski definition) is 4. The lowest BCUT2D eigenvalue weighted by Gasteiger charge is -2.43. The van der Waals surface area contributed by atoms with Crippen LogP contribution in [0.1, 0.15) is 52.9 Å². The minimum Gasteiger partial charge on any atom is -0.504 e. The number of amides is 4. The number of nitrogens with one attached hydrogen (secondary N) is 2. The largest absolute Gasteiger partial charge is 0.504 e. The molecule has 0 bridgehead atoms. The van der Waals surface area contributed by atoms with Gasteiger partial charge >= 0.3 is 12.1 Å². The molecule has 1 aliphatic carbocycles. The van der Waals surface area contributed by atoms with Crippen molar-refractivity contribution in [2.45, 2.75) is 58.4 Å². The number of hydrogen-bond donors (Lipinski definition) is 4. The van der Waals surface area contributed by atoms with Gasteiger partial charge in [-0.3, -0.25) is 0 Å². The third kappa shape index (κ3) is 7.19. The van der Waals surface area contributed by atoms with Gasteiger partial charge in [-0.1, -0.05) is 65.7 Å². The molecule has 0 unspecified atom stereocenters. The van der Waals surface area contributed by atoms with Crippen LogP contribution in [-0.2, 0) is 0 Å². The molecule has 0 spiro atoms. The Morgan fingerprint density at radius 1 is 0.892 bits per heavy atom. The highest BCUT2D eigenvalue weighted by Gasteiger charge is 2.38. The van der Waals surface area contributed by atoms with E-state index in [0.717, 1.165) is 35.7 Å². The zero-order chi connectivity index (χ0) is 27.5. The molecule has 3 rings (SSSR count). The molecule has 8 nitrogen and oxygen atoms in total. The SMILES string of the molecule is CC(C)(C)N(C(=O)Nc1cc(Cl)cc(Cl)c1O)N(C(=O)NCC1CCCCC1)c1cc(Cl)cc(Cl)c1O. The van der Waals surface area contributed by atoms with Gasteiger partial charge in [-0.2, -0.15) is 5.01 Å². The molecule has 1 saturated carbocycles. The monoisotopic (exact) mass is 590 g/mol. The van der Waals surface area contributed by atoms with Crippen molar-refractivity contribution in [3.63, 3.8) is 0 Å². The molecule has 2 aromatic rings. The molecule has 202 valence electrons. The molecule has 0 atom stereocenters. The summed E-state index contributed by atoms with van der Waals surface area (Å²) < 4.78 is 0. The Labute approximate surface area is 236 Å². The maximum Gasteiger partial charge on any atom is 0.341 e. The summed E-state index contributed by atoms with van der Waals surface area (Å²) in [6.07, 6.45) is 5.34. The molecule has 0 aromatic heterocycles. The number of halogens is 4. The summed E-state index contributed by atoms with van der Waals surface area (Å²) in [6, 6.07) is 3.83. The first-order chi connectivity index (χ1) is 17.3. The number of urea groups is 2. The zero-order valence-electron chi connectivity index (χ0n) is 20.7. The van der Waals surface area contributed by atoms with E-state index in [9.17, 15) is 19.8 Å².